The van der Waals surface area contributed by atoms with E-state index in [1.807, 2.05) is 6.20 Å². The smallest absolute Gasteiger partial charge is 0.257 e. The topological polar surface area (TPSA) is 87.1 Å². The van der Waals surface area contributed by atoms with E-state index < -0.39 is 5.60 Å². The minimum absolute atomic E-state index is 0.277. The van der Waals surface area contributed by atoms with Crippen molar-refractivity contribution in [3.05, 3.63) is 41.1 Å². The summed E-state index contributed by atoms with van der Waals surface area (Å²) in [7, 11) is 0. The van der Waals surface area contributed by atoms with Crippen LogP contribution < -0.4 is 10.6 Å². The fourth-order valence-corrected chi connectivity index (χ4v) is 4.88. The highest BCUT2D eigenvalue weighted by atomic mass is 16.3. The summed E-state index contributed by atoms with van der Waals surface area (Å²) in [6, 6.07) is 6.33. The number of aryl methyl sites for hydroxylation is 2. The van der Waals surface area contributed by atoms with Gasteiger partial charge in [0.2, 0.25) is 0 Å². The Morgan fingerprint density at radius 3 is 2.24 bits per heavy atom. The zero-order valence-electron chi connectivity index (χ0n) is 20.7. The highest BCUT2D eigenvalue weighted by molar-refractivity contribution is 5.97. The minimum atomic E-state index is -1.37. The maximum atomic E-state index is 13.2. The molecule has 3 N–H and O–H groups in total. The number of aliphatic hydroxyl groups is 1. The van der Waals surface area contributed by atoms with Crippen molar-refractivity contribution >= 4 is 11.7 Å². The third kappa shape index (κ3) is 5.79. The first-order chi connectivity index (χ1) is 16.0. The molecule has 6 heteroatoms. The second-order valence-electron chi connectivity index (χ2n) is 9.17. The van der Waals surface area contributed by atoms with Crippen LogP contribution in [0.3, 0.4) is 0 Å². The molecule has 1 fully saturated rings. The van der Waals surface area contributed by atoms with Crippen LogP contribution in [0.1, 0.15) is 88.8 Å². The van der Waals surface area contributed by atoms with Crippen LogP contribution in [0, 0.1) is 0 Å². The van der Waals surface area contributed by atoms with E-state index in [1.165, 1.54) is 11.1 Å². The molecule has 0 radical (unpaired) electrons. The first-order valence-electron chi connectivity index (χ1n) is 12.7. The summed E-state index contributed by atoms with van der Waals surface area (Å²) in [5.74, 6) is 1.12. The Morgan fingerprint density at radius 2 is 1.70 bits per heavy atom. The number of nitrogens with zero attached hydrogens (tertiary/aromatic N) is 2. The summed E-state index contributed by atoms with van der Waals surface area (Å²) < 4.78 is 0. The molecule has 2 heterocycles. The molecule has 1 amide bonds. The van der Waals surface area contributed by atoms with Crippen LogP contribution in [0.4, 0.5) is 5.82 Å². The molecule has 3 rings (SSSR count). The molecule has 0 aliphatic carbocycles. The van der Waals surface area contributed by atoms with E-state index in [2.05, 4.69) is 56.5 Å². The lowest BCUT2D eigenvalue weighted by Gasteiger charge is -2.31. The molecule has 1 aromatic heterocycles. The third-order valence-corrected chi connectivity index (χ3v) is 6.84. The molecule has 180 valence electrons. The molecule has 33 heavy (non-hydrogen) atoms. The van der Waals surface area contributed by atoms with Crippen LogP contribution in [-0.4, -0.2) is 39.7 Å². The molecule has 0 saturated carbocycles. The number of piperidine rings is 1. The van der Waals surface area contributed by atoms with Crippen molar-refractivity contribution in [2.75, 3.05) is 18.4 Å². The number of carbonyl (C=O) groups excluding carboxylic acids is 1. The van der Waals surface area contributed by atoms with Crippen molar-refractivity contribution < 1.29 is 9.90 Å². The highest BCUT2D eigenvalue weighted by Gasteiger charge is 2.38. The summed E-state index contributed by atoms with van der Waals surface area (Å²) in [5.41, 5.74) is 3.08. The first kappa shape index (κ1) is 25.3. The zero-order chi connectivity index (χ0) is 23.8. The molecule has 6 nitrogen and oxygen atoms in total. The van der Waals surface area contributed by atoms with Crippen molar-refractivity contribution in [2.24, 2.45) is 0 Å². The number of benzene rings is 1. The van der Waals surface area contributed by atoms with Gasteiger partial charge in [-0.2, -0.15) is 0 Å². The van der Waals surface area contributed by atoms with E-state index in [4.69, 9.17) is 9.97 Å². The van der Waals surface area contributed by atoms with E-state index in [0.29, 0.717) is 37.6 Å². The van der Waals surface area contributed by atoms with Gasteiger partial charge in [0.05, 0.1) is 0 Å². The zero-order valence-corrected chi connectivity index (χ0v) is 20.7. The number of hydrogen-bond donors (Lipinski definition) is 3. The van der Waals surface area contributed by atoms with E-state index in [1.54, 1.807) is 0 Å². The summed E-state index contributed by atoms with van der Waals surface area (Å²) >= 11 is 0. The number of hydrogen-bond acceptors (Lipinski definition) is 5. The predicted octanol–water partition coefficient (Wildman–Crippen LogP) is 5.01. The van der Waals surface area contributed by atoms with Gasteiger partial charge in [0.25, 0.3) is 5.91 Å². The largest absolute Gasteiger partial charge is 0.380 e. The molecule has 0 bridgehead atoms. The van der Waals surface area contributed by atoms with Crippen LogP contribution in [0.2, 0.25) is 0 Å². The van der Waals surface area contributed by atoms with E-state index >= 15 is 0 Å². The number of nitrogens with one attached hydrogen (secondary N) is 2. The standard InChI is InChI=1S/C27H40N4O2/c1-5-10-21(11-6-2)22-18-29-25(23-19(7-3)12-9-13-20(23)8-4)30-24(22)31-26(32)27(33)14-16-28-17-15-27/h9,12-13,18,21,28,33H,5-8,10-11,14-17H2,1-4H3,(H,29,30,31,32). The Kier molecular flexibility index (Phi) is 8.98. The van der Waals surface area contributed by atoms with E-state index in [9.17, 15) is 9.90 Å². The quantitative estimate of drug-likeness (QED) is 0.472. The molecular weight excluding hydrogens is 412 g/mol. The normalized spacial score (nSPS) is 15.6. The van der Waals surface area contributed by atoms with Gasteiger partial charge in [-0.1, -0.05) is 58.7 Å². The van der Waals surface area contributed by atoms with Crippen LogP contribution in [0.5, 0.6) is 0 Å². The number of aromatic nitrogens is 2. The second kappa shape index (κ2) is 11.7. The Hall–Kier alpha value is -2.31. The second-order valence-corrected chi connectivity index (χ2v) is 9.17. The first-order valence-corrected chi connectivity index (χ1v) is 12.7. The fourth-order valence-electron chi connectivity index (χ4n) is 4.88. The summed E-state index contributed by atoms with van der Waals surface area (Å²) in [6.07, 6.45) is 8.61. The maximum Gasteiger partial charge on any atom is 0.257 e. The lowest BCUT2D eigenvalue weighted by molar-refractivity contribution is -0.136. The summed E-state index contributed by atoms with van der Waals surface area (Å²) in [6.45, 7) is 9.90. The molecule has 0 spiro atoms. The van der Waals surface area contributed by atoms with Crippen LogP contribution in [0.25, 0.3) is 11.4 Å². The minimum Gasteiger partial charge on any atom is -0.380 e. The van der Waals surface area contributed by atoms with Crippen LogP contribution in [-0.2, 0) is 17.6 Å². The molecule has 1 saturated heterocycles. The SMILES string of the molecule is CCCC(CCC)c1cnc(-c2c(CC)cccc2CC)nc1NC(=O)C1(O)CCNCC1. The Balaban J connectivity index is 2.08. The van der Waals surface area contributed by atoms with Crippen molar-refractivity contribution in [3.63, 3.8) is 0 Å². The average Bonchev–Trinajstić information content (AvgIpc) is 2.83. The van der Waals surface area contributed by atoms with Gasteiger partial charge in [-0.15, -0.1) is 0 Å². The Morgan fingerprint density at radius 1 is 1.09 bits per heavy atom. The monoisotopic (exact) mass is 452 g/mol. The summed E-state index contributed by atoms with van der Waals surface area (Å²) in [5, 5.41) is 17.2. The Bertz CT molecular complexity index is 909. The van der Waals surface area contributed by atoms with Crippen LogP contribution in [0.15, 0.2) is 24.4 Å². The molecule has 2 aromatic rings. The van der Waals surface area contributed by atoms with E-state index in [0.717, 1.165) is 49.7 Å². The number of carbonyl (C=O) groups is 1. The lowest BCUT2D eigenvalue weighted by atomic mass is 9.89. The van der Waals surface area contributed by atoms with E-state index in [-0.39, 0.29) is 11.8 Å². The van der Waals surface area contributed by atoms with Gasteiger partial charge in [-0.3, -0.25) is 4.79 Å². The molecular formula is C27H40N4O2. The average molecular weight is 453 g/mol. The Labute approximate surface area is 198 Å². The van der Waals surface area contributed by atoms with Crippen molar-refractivity contribution in [1.29, 1.82) is 0 Å². The fraction of sp³-hybridized carbons (Fsp3) is 0.593. The van der Waals surface area contributed by atoms with Gasteiger partial charge >= 0.3 is 0 Å². The predicted molar refractivity (Wildman–Crippen MR) is 134 cm³/mol. The third-order valence-electron chi connectivity index (χ3n) is 6.84. The highest BCUT2D eigenvalue weighted by Crippen LogP contribution is 2.34. The van der Waals surface area contributed by atoms with Gasteiger partial charge < -0.3 is 15.7 Å². The summed E-state index contributed by atoms with van der Waals surface area (Å²) in [4.78, 5) is 23.0. The molecule has 1 aliphatic rings. The molecule has 0 unspecified atom stereocenters. The lowest BCUT2D eigenvalue weighted by Crippen LogP contribution is -2.50. The van der Waals surface area contributed by atoms with Crippen molar-refractivity contribution in [1.82, 2.24) is 15.3 Å². The maximum absolute atomic E-state index is 13.2. The van der Waals surface area contributed by atoms with Crippen molar-refractivity contribution in [2.45, 2.75) is 90.6 Å². The van der Waals surface area contributed by atoms with Gasteiger partial charge in [0.1, 0.15) is 11.4 Å². The molecule has 1 aromatic carbocycles. The number of amides is 1. The molecule has 1 aliphatic heterocycles. The van der Waals surface area contributed by atoms with Crippen molar-refractivity contribution in [3.8, 4) is 11.4 Å². The number of anilines is 1. The number of rotatable bonds is 10. The van der Waals surface area contributed by atoms with Crippen LogP contribution >= 0.6 is 0 Å². The molecule has 0 atom stereocenters. The van der Waals surface area contributed by atoms with Gasteiger partial charge in [0, 0.05) is 17.3 Å². The van der Waals surface area contributed by atoms with Gasteiger partial charge in [0.15, 0.2) is 5.82 Å². The van der Waals surface area contributed by atoms with Gasteiger partial charge in [-0.05, 0) is 68.7 Å². The van der Waals surface area contributed by atoms with Gasteiger partial charge in [-0.25, -0.2) is 9.97 Å².